The quantitative estimate of drug-likeness (QED) is 0.371. The lowest BCUT2D eigenvalue weighted by Crippen LogP contribution is -2.11. The first-order valence-corrected chi connectivity index (χ1v) is 2.59. The molecule has 0 aromatic heterocycles. The van der Waals surface area contributed by atoms with Crippen molar-refractivity contribution in [2.24, 2.45) is 0 Å². The Morgan fingerprint density at radius 1 is 1.75 bits per heavy atom. The second-order valence-electron chi connectivity index (χ2n) is 1.96. The molecule has 46 valence electrons. The summed E-state index contributed by atoms with van der Waals surface area (Å²) in [7, 11) is 1.40. The molecule has 0 unspecified atom stereocenters. The van der Waals surface area contributed by atoms with Crippen molar-refractivity contribution < 1.29 is 9.53 Å². The highest BCUT2D eigenvalue weighted by Gasteiger charge is 2.39. The first-order valence-electron chi connectivity index (χ1n) is 2.59. The predicted molar refractivity (Wildman–Crippen MR) is 28.4 cm³/mol. The van der Waals surface area contributed by atoms with Crippen molar-refractivity contribution in [3.05, 3.63) is 0 Å². The first-order chi connectivity index (χ1) is 3.75. The largest absolute Gasteiger partial charge is 0.468 e. The molecule has 0 aliphatic carbocycles. The van der Waals surface area contributed by atoms with Gasteiger partial charge in [0, 0.05) is 6.04 Å². The van der Waals surface area contributed by atoms with E-state index in [1.807, 2.05) is 6.92 Å². The van der Waals surface area contributed by atoms with Gasteiger partial charge in [-0.3, -0.25) is 10.1 Å². The summed E-state index contributed by atoms with van der Waals surface area (Å²) in [6.07, 6.45) is 0. The van der Waals surface area contributed by atoms with Crippen LogP contribution in [0.1, 0.15) is 6.92 Å². The second kappa shape index (κ2) is 1.74. The van der Waals surface area contributed by atoms with Crippen LogP contribution in [0.2, 0.25) is 0 Å². The van der Waals surface area contributed by atoms with Crippen molar-refractivity contribution in [2.45, 2.75) is 19.0 Å². The molecule has 0 spiro atoms. The van der Waals surface area contributed by atoms with Crippen LogP contribution in [-0.2, 0) is 9.53 Å². The topological polar surface area (TPSA) is 48.2 Å². The van der Waals surface area contributed by atoms with Crippen LogP contribution in [0.3, 0.4) is 0 Å². The van der Waals surface area contributed by atoms with E-state index in [-0.39, 0.29) is 12.0 Å². The normalized spacial score (nSPS) is 34.2. The smallest absolute Gasteiger partial charge is 0.324 e. The Morgan fingerprint density at radius 3 is 2.38 bits per heavy atom. The molecule has 0 radical (unpaired) electrons. The number of methoxy groups -OCH3 is 1. The van der Waals surface area contributed by atoms with Gasteiger partial charge in [-0.2, -0.15) is 0 Å². The molecule has 8 heavy (non-hydrogen) atoms. The molecule has 3 heteroatoms. The van der Waals surface area contributed by atoms with Crippen LogP contribution < -0.4 is 5.32 Å². The van der Waals surface area contributed by atoms with Gasteiger partial charge in [0.1, 0.15) is 6.04 Å². The molecular weight excluding hydrogens is 106 g/mol. The highest BCUT2D eigenvalue weighted by molar-refractivity contribution is 5.79. The van der Waals surface area contributed by atoms with Crippen molar-refractivity contribution in [2.75, 3.05) is 7.11 Å². The number of carbonyl (C=O) groups is 1. The molecule has 0 aromatic carbocycles. The minimum Gasteiger partial charge on any atom is -0.468 e. The molecule has 3 nitrogen and oxygen atoms in total. The van der Waals surface area contributed by atoms with E-state index in [1.54, 1.807) is 0 Å². The lowest BCUT2D eigenvalue weighted by atomic mass is 10.3. The van der Waals surface area contributed by atoms with Crippen LogP contribution in [0.15, 0.2) is 0 Å². The summed E-state index contributed by atoms with van der Waals surface area (Å²) in [5.74, 6) is -0.155. The lowest BCUT2D eigenvalue weighted by molar-refractivity contribution is -0.140. The molecular formula is C5H9NO2. The summed E-state index contributed by atoms with van der Waals surface area (Å²) >= 11 is 0. The van der Waals surface area contributed by atoms with Crippen LogP contribution in [0.5, 0.6) is 0 Å². The van der Waals surface area contributed by atoms with Gasteiger partial charge >= 0.3 is 5.97 Å². The molecule has 1 rings (SSSR count). The fraction of sp³-hybridized carbons (Fsp3) is 0.800. The van der Waals surface area contributed by atoms with E-state index >= 15 is 0 Å². The van der Waals surface area contributed by atoms with Crippen LogP contribution in [0.4, 0.5) is 0 Å². The molecule has 1 aliphatic rings. The van der Waals surface area contributed by atoms with E-state index in [0.717, 1.165) is 0 Å². The molecule has 0 amide bonds. The summed E-state index contributed by atoms with van der Waals surface area (Å²) in [5, 5.41) is 2.91. The van der Waals surface area contributed by atoms with Gasteiger partial charge in [-0.25, -0.2) is 0 Å². The summed E-state index contributed by atoms with van der Waals surface area (Å²) < 4.78 is 4.44. The van der Waals surface area contributed by atoms with Crippen LogP contribution in [0, 0.1) is 0 Å². The average molecular weight is 115 g/mol. The third-order valence-electron chi connectivity index (χ3n) is 1.29. The van der Waals surface area contributed by atoms with Gasteiger partial charge < -0.3 is 4.74 Å². The zero-order chi connectivity index (χ0) is 6.15. The van der Waals surface area contributed by atoms with E-state index in [9.17, 15) is 4.79 Å². The van der Waals surface area contributed by atoms with E-state index in [1.165, 1.54) is 7.11 Å². The Balaban J connectivity index is 2.28. The number of esters is 1. The van der Waals surface area contributed by atoms with Crippen LogP contribution >= 0.6 is 0 Å². The zero-order valence-electron chi connectivity index (χ0n) is 4.97. The van der Waals surface area contributed by atoms with Crippen LogP contribution in [0.25, 0.3) is 0 Å². The standard InChI is InChI=1S/C5H9NO2/c1-3-4(6-3)5(7)8-2/h3-4,6H,1-2H3/t3-,4+/m1/s1. The maximum atomic E-state index is 10.5. The Hall–Kier alpha value is -0.570. The van der Waals surface area contributed by atoms with Gasteiger partial charge in [0.05, 0.1) is 7.11 Å². The molecule has 1 saturated heterocycles. The van der Waals surface area contributed by atoms with Crippen LogP contribution in [-0.4, -0.2) is 25.2 Å². The molecule has 1 heterocycles. The number of rotatable bonds is 1. The van der Waals surface area contributed by atoms with Gasteiger partial charge in [-0.1, -0.05) is 0 Å². The minimum absolute atomic E-state index is 0.0278. The highest BCUT2D eigenvalue weighted by Crippen LogP contribution is 2.09. The maximum absolute atomic E-state index is 10.5. The van der Waals surface area contributed by atoms with Crippen molar-refractivity contribution >= 4 is 5.97 Å². The highest BCUT2D eigenvalue weighted by atomic mass is 16.5. The average Bonchev–Trinajstić information content (AvgIpc) is 2.45. The maximum Gasteiger partial charge on any atom is 0.324 e. The fourth-order valence-corrected chi connectivity index (χ4v) is 0.627. The van der Waals surface area contributed by atoms with E-state index in [2.05, 4.69) is 10.1 Å². The second-order valence-corrected chi connectivity index (χ2v) is 1.96. The molecule has 0 aromatic rings. The summed E-state index contributed by atoms with van der Waals surface area (Å²) in [6.45, 7) is 1.95. The summed E-state index contributed by atoms with van der Waals surface area (Å²) in [5.41, 5.74) is 0. The Labute approximate surface area is 48.0 Å². The number of ether oxygens (including phenoxy) is 1. The number of hydrogen-bond donors (Lipinski definition) is 1. The molecule has 0 bridgehead atoms. The monoisotopic (exact) mass is 115 g/mol. The van der Waals surface area contributed by atoms with E-state index < -0.39 is 0 Å². The Morgan fingerprint density at radius 2 is 2.25 bits per heavy atom. The third-order valence-corrected chi connectivity index (χ3v) is 1.29. The van der Waals surface area contributed by atoms with Gasteiger partial charge in [0.2, 0.25) is 0 Å². The summed E-state index contributed by atoms with van der Waals surface area (Å²) in [4.78, 5) is 10.5. The fourth-order valence-electron chi connectivity index (χ4n) is 0.627. The van der Waals surface area contributed by atoms with E-state index in [0.29, 0.717) is 6.04 Å². The van der Waals surface area contributed by atoms with Gasteiger partial charge in [-0.05, 0) is 6.92 Å². The Kier molecular flexibility index (Phi) is 1.21. The molecule has 1 N–H and O–H groups in total. The van der Waals surface area contributed by atoms with Crippen molar-refractivity contribution in [1.82, 2.24) is 5.32 Å². The minimum atomic E-state index is -0.155. The molecule has 1 aliphatic heterocycles. The van der Waals surface area contributed by atoms with Gasteiger partial charge in [-0.15, -0.1) is 0 Å². The lowest BCUT2D eigenvalue weighted by Gasteiger charge is -1.89. The SMILES string of the molecule is COC(=O)[C@H]1N[C@@H]1C. The van der Waals surface area contributed by atoms with Gasteiger partial charge in [0.25, 0.3) is 0 Å². The third kappa shape index (κ3) is 0.816. The van der Waals surface area contributed by atoms with Crippen molar-refractivity contribution in [1.29, 1.82) is 0 Å². The Bertz CT molecular complexity index is 113. The molecule has 2 atom stereocenters. The van der Waals surface area contributed by atoms with E-state index in [4.69, 9.17) is 0 Å². The number of nitrogens with one attached hydrogen (secondary N) is 1. The summed E-state index contributed by atoms with van der Waals surface area (Å²) in [6, 6.07) is 0.294. The first kappa shape index (κ1) is 5.56. The number of carbonyl (C=O) groups excluding carboxylic acids is 1. The molecule has 0 saturated carbocycles. The zero-order valence-corrected chi connectivity index (χ0v) is 4.97. The van der Waals surface area contributed by atoms with Gasteiger partial charge in [0.15, 0.2) is 0 Å². The number of hydrogen-bond acceptors (Lipinski definition) is 3. The van der Waals surface area contributed by atoms with Crippen molar-refractivity contribution in [3.8, 4) is 0 Å². The predicted octanol–water partition coefficient (Wildman–Crippen LogP) is -0.480. The molecule has 1 fully saturated rings. The van der Waals surface area contributed by atoms with Crippen molar-refractivity contribution in [3.63, 3.8) is 0 Å².